The van der Waals surface area contributed by atoms with E-state index in [0.717, 1.165) is 6.07 Å². The second-order valence-corrected chi connectivity index (χ2v) is 3.49. The maximum absolute atomic E-state index is 10.9. The fraction of sp³-hybridized carbons (Fsp3) is 0.182. The number of hydrogen-bond acceptors (Lipinski definition) is 3. The summed E-state index contributed by atoms with van der Waals surface area (Å²) in [5.41, 5.74) is 0.0325. The summed E-state index contributed by atoms with van der Waals surface area (Å²) in [5.74, 6) is -3.72. The minimum absolute atomic E-state index is 0.190. The number of carboxylic acids is 3. The topological polar surface area (TPSA) is 112 Å². The SMILES string of the molecule is Cc1c(CC(=O)O)cc(C(=O)O)cc1C(=O)O. The maximum atomic E-state index is 10.9. The van der Waals surface area contributed by atoms with E-state index < -0.39 is 24.3 Å². The molecule has 0 unspecified atom stereocenters. The summed E-state index contributed by atoms with van der Waals surface area (Å²) < 4.78 is 0. The first kappa shape index (κ1) is 12.7. The fourth-order valence-electron chi connectivity index (χ4n) is 1.47. The summed E-state index contributed by atoms with van der Waals surface area (Å²) in [5, 5.41) is 26.3. The average molecular weight is 238 g/mol. The number of aliphatic carboxylic acids is 1. The first-order chi connectivity index (χ1) is 7.82. The van der Waals surface area contributed by atoms with Crippen molar-refractivity contribution in [2.24, 2.45) is 0 Å². The monoisotopic (exact) mass is 238 g/mol. The fourth-order valence-corrected chi connectivity index (χ4v) is 1.47. The van der Waals surface area contributed by atoms with Crippen LogP contribution in [0.1, 0.15) is 31.8 Å². The summed E-state index contributed by atoms with van der Waals surface area (Å²) in [6.07, 6.45) is -0.409. The maximum Gasteiger partial charge on any atom is 0.335 e. The first-order valence-corrected chi connectivity index (χ1v) is 4.65. The van der Waals surface area contributed by atoms with Crippen LogP contribution in [0.5, 0.6) is 0 Å². The Labute approximate surface area is 96.1 Å². The van der Waals surface area contributed by atoms with Crippen LogP contribution in [0.2, 0.25) is 0 Å². The minimum atomic E-state index is -1.29. The van der Waals surface area contributed by atoms with Gasteiger partial charge in [0.2, 0.25) is 0 Å². The van der Waals surface area contributed by atoms with Crippen molar-refractivity contribution in [3.05, 3.63) is 34.4 Å². The van der Waals surface area contributed by atoms with Crippen LogP contribution in [0.4, 0.5) is 0 Å². The molecule has 6 nitrogen and oxygen atoms in total. The highest BCUT2D eigenvalue weighted by Crippen LogP contribution is 2.18. The zero-order chi connectivity index (χ0) is 13.2. The molecule has 0 spiro atoms. The molecule has 0 amide bonds. The number of carboxylic acid groups (broad SMARTS) is 3. The molecular formula is C11H10O6. The molecule has 1 aromatic carbocycles. The number of aromatic carboxylic acids is 2. The Bertz CT molecular complexity index is 503. The number of carbonyl (C=O) groups is 3. The quantitative estimate of drug-likeness (QED) is 0.721. The molecule has 0 heterocycles. The van der Waals surface area contributed by atoms with Crippen molar-refractivity contribution in [3.8, 4) is 0 Å². The van der Waals surface area contributed by atoms with Crippen molar-refractivity contribution < 1.29 is 29.7 Å². The molecule has 0 saturated carbocycles. The van der Waals surface area contributed by atoms with E-state index in [-0.39, 0.29) is 22.3 Å². The van der Waals surface area contributed by atoms with Crippen LogP contribution in [0.3, 0.4) is 0 Å². The van der Waals surface area contributed by atoms with Gasteiger partial charge in [-0.25, -0.2) is 9.59 Å². The highest BCUT2D eigenvalue weighted by atomic mass is 16.4. The zero-order valence-corrected chi connectivity index (χ0v) is 8.93. The second-order valence-electron chi connectivity index (χ2n) is 3.49. The lowest BCUT2D eigenvalue weighted by Gasteiger charge is -2.08. The number of hydrogen-bond donors (Lipinski definition) is 3. The van der Waals surface area contributed by atoms with Crippen molar-refractivity contribution in [3.63, 3.8) is 0 Å². The summed E-state index contributed by atoms with van der Waals surface area (Å²) in [4.78, 5) is 32.3. The Morgan fingerprint density at radius 3 is 2.06 bits per heavy atom. The van der Waals surface area contributed by atoms with Gasteiger partial charge in [-0.3, -0.25) is 4.79 Å². The predicted octanol–water partition coefficient (Wildman–Crippen LogP) is 1.02. The van der Waals surface area contributed by atoms with Crippen molar-refractivity contribution in [1.82, 2.24) is 0 Å². The molecule has 0 aliphatic heterocycles. The normalized spacial score (nSPS) is 9.94. The lowest BCUT2D eigenvalue weighted by molar-refractivity contribution is -0.136. The molecule has 0 aromatic heterocycles. The molecule has 0 bridgehead atoms. The Balaban J connectivity index is 3.42. The smallest absolute Gasteiger partial charge is 0.335 e. The van der Waals surface area contributed by atoms with E-state index in [9.17, 15) is 14.4 Å². The van der Waals surface area contributed by atoms with Crippen molar-refractivity contribution in [1.29, 1.82) is 0 Å². The lowest BCUT2D eigenvalue weighted by Crippen LogP contribution is -2.10. The molecule has 0 atom stereocenters. The van der Waals surface area contributed by atoms with E-state index in [4.69, 9.17) is 15.3 Å². The standard InChI is InChI=1S/C11H10O6/c1-5-6(4-9(12)13)2-7(10(14)15)3-8(5)11(16)17/h2-3H,4H2,1H3,(H,12,13)(H,14,15)(H,16,17). The summed E-state index contributed by atoms with van der Waals surface area (Å²) in [6, 6.07) is 2.20. The van der Waals surface area contributed by atoms with Gasteiger partial charge in [-0.1, -0.05) is 0 Å². The molecule has 0 radical (unpaired) electrons. The van der Waals surface area contributed by atoms with Gasteiger partial charge in [-0.2, -0.15) is 0 Å². The Morgan fingerprint density at radius 1 is 1.06 bits per heavy atom. The lowest BCUT2D eigenvalue weighted by atomic mass is 9.96. The molecule has 0 aliphatic carbocycles. The highest BCUT2D eigenvalue weighted by molar-refractivity contribution is 5.95. The van der Waals surface area contributed by atoms with Gasteiger partial charge in [0.15, 0.2) is 0 Å². The van der Waals surface area contributed by atoms with E-state index in [1.807, 2.05) is 0 Å². The molecule has 1 rings (SSSR count). The van der Waals surface area contributed by atoms with Crippen LogP contribution in [0.15, 0.2) is 12.1 Å². The molecule has 17 heavy (non-hydrogen) atoms. The molecule has 1 aromatic rings. The highest BCUT2D eigenvalue weighted by Gasteiger charge is 2.17. The van der Waals surface area contributed by atoms with Crippen LogP contribution < -0.4 is 0 Å². The molecule has 0 aliphatic rings. The van der Waals surface area contributed by atoms with Gasteiger partial charge in [0.05, 0.1) is 17.5 Å². The van der Waals surface area contributed by atoms with Crippen LogP contribution in [0, 0.1) is 6.92 Å². The van der Waals surface area contributed by atoms with Gasteiger partial charge in [-0.05, 0) is 30.2 Å². The van der Waals surface area contributed by atoms with Gasteiger partial charge in [-0.15, -0.1) is 0 Å². The first-order valence-electron chi connectivity index (χ1n) is 4.65. The third kappa shape index (κ3) is 2.81. The van der Waals surface area contributed by atoms with Crippen LogP contribution in [0.25, 0.3) is 0 Å². The van der Waals surface area contributed by atoms with E-state index in [1.165, 1.54) is 13.0 Å². The molecule has 0 saturated heterocycles. The van der Waals surface area contributed by atoms with Crippen LogP contribution in [-0.4, -0.2) is 33.2 Å². The van der Waals surface area contributed by atoms with Gasteiger partial charge >= 0.3 is 17.9 Å². The molecule has 0 fully saturated rings. The largest absolute Gasteiger partial charge is 0.481 e. The van der Waals surface area contributed by atoms with Gasteiger partial charge in [0.25, 0.3) is 0 Å². The van der Waals surface area contributed by atoms with E-state index in [1.54, 1.807) is 0 Å². The molecular weight excluding hydrogens is 228 g/mol. The van der Waals surface area contributed by atoms with E-state index in [2.05, 4.69) is 0 Å². The van der Waals surface area contributed by atoms with E-state index >= 15 is 0 Å². The van der Waals surface area contributed by atoms with Gasteiger partial charge in [0.1, 0.15) is 0 Å². The Hall–Kier alpha value is -2.37. The number of benzene rings is 1. The molecule has 6 heteroatoms. The molecule has 90 valence electrons. The summed E-state index contributed by atoms with van der Waals surface area (Å²) in [6.45, 7) is 1.45. The Kier molecular flexibility index (Phi) is 3.47. The summed E-state index contributed by atoms with van der Waals surface area (Å²) in [7, 11) is 0. The third-order valence-electron chi connectivity index (χ3n) is 2.33. The average Bonchev–Trinajstić information content (AvgIpc) is 2.19. The van der Waals surface area contributed by atoms with E-state index in [0.29, 0.717) is 0 Å². The third-order valence-corrected chi connectivity index (χ3v) is 2.33. The minimum Gasteiger partial charge on any atom is -0.481 e. The van der Waals surface area contributed by atoms with Gasteiger partial charge in [0, 0.05) is 0 Å². The second kappa shape index (κ2) is 4.65. The van der Waals surface area contributed by atoms with Crippen molar-refractivity contribution in [2.75, 3.05) is 0 Å². The van der Waals surface area contributed by atoms with Crippen LogP contribution >= 0.6 is 0 Å². The summed E-state index contributed by atoms with van der Waals surface area (Å²) >= 11 is 0. The molecule has 3 N–H and O–H groups in total. The van der Waals surface area contributed by atoms with Crippen molar-refractivity contribution >= 4 is 17.9 Å². The van der Waals surface area contributed by atoms with Gasteiger partial charge < -0.3 is 15.3 Å². The van der Waals surface area contributed by atoms with Crippen molar-refractivity contribution in [2.45, 2.75) is 13.3 Å². The Morgan fingerprint density at radius 2 is 1.65 bits per heavy atom. The number of rotatable bonds is 4. The predicted molar refractivity (Wildman–Crippen MR) is 56.4 cm³/mol. The van der Waals surface area contributed by atoms with Crippen LogP contribution in [-0.2, 0) is 11.2 Å². The zero-order valence-electron chi connectivity index (χ0n) is 8.93.